The van der Waals surface area contributed by atoms with E-state index in [0.717, 1.165) is 11.1 Å². The molecule has 0 aliphatic heterocycles. The number of alkyl halides is 2. The minimum Gasteiger partial charge on any atom is -0.493 e. The van der Waals surface area contributed by atoms with E-state index in [1.54, 1.807) is 6.20 Å². The number of rotatable bonds is 8. The first-order chi connectivity index (χ1) is 14.8. The molecule has 0 aliphatic carbocycles. The number of anilines is 1. The standard InChI is InChI=1S/C21H20ClF2N3O4/c1-12-8-15(9-13(2)19(12)22)30-11-27-7-6-16(26-27)20(28)25-14-4-5-17(31-21(23)24)18(10-14)29-3/h4-10,21H,11H2,1-3H3,(H,25,28). The highest BCUT2D eigenvalue weighted by molar-refractivity contribution is 6.32. The first-order valence-corrected chi connectivity index (χ1v) is 9.52. The lowest BCUT2D eigenvalue weighted by Gasteiger charge is -2.11. The van der Waals surface area contributed by atoms with Crippen LogP contribution in [0.4, 0.5) is 14.5 Å². The second kappa shape index (κ2) is 9.65. The maximum Gasteiger partial charge on any atom is 0.387 e. The average Bonchev–Trinajstić information content (AvgIpc) is 3.20. The van der Waals surface area contributed by atoms with Crippen LogP contribution in [0, 0.1) is 13.8 Å². The van der Waals surface area contributed by atoms with Crippen molar-refractivity contribution < 1.29 is 27.8 Å². The van der Waals surface area contributed by atoms with Crippen molar-refractivity contribution in [2.45, 2.75) is 27.2 Å². The second-order valence-corrected chi connectivity index (χ2v) is 6.96. The Morgan fingerprint density at radius 2 is 1.87 bits per heavy atom. The lowest BCUT2D eigenvalue weighted by Crippen LogP contribution is -2.14. The van der Waals surface area contributed by atoms with Gasteiger partial charge in [-0.2, -0.15) is 13.9 Å². The molecule has 0 unspecified atom stereocenters. The summed E-state index contributed by atoms with van der Waals surface area (Å²) in [6.45, 7) is 0.891. The lowest BCUT2D eigenvalue weighted by atomic mass is 10.1. The molecule has 0 fully saturated rings. The number of hydrogen-bond acceptors (Lipinski definition) is 5. The van der Waals surface area contributed by atoms with E-state index in [4.69, 9.17) is 21.1 Å². The van der Waals surface area contributed by atoms with Crippen molar-refractivity contribution >= 4 is 23.2 Å². The van der Waals surface area contributed by atoms with Crippen molar-refractivity contribution in [2.75, 3.05) is 12.4 Å². The van der Waals surface area contributed by atoms with Gasteiger partial charge in [-0.25, -0.2) is 4.68 Å². The van der Waals surface area contributed by atoms with Crippen LogP contribution in [-0.4, -0.2) is 29.4 Å². The fourth-order valence-corrected chi connectivity index (χ4v) is 2.93. The normalized spacial score (nSPS) is 10.8. The topological polar surface area (TPSA) is 74.6 Å². The van der Waals surface area contributed by atoms with E-state index in [1.165, 1.54) is 36.1 Å². The molecule has 0 aliphatic rings. The Morgan fingerprint density at radius 3 is 2.52 bits per heavy atom. The number of ether oxygens (including phenoxy) is 3. The largest absolute Gasteiger partial charge is 0.493 e. The van der Waals surface area contributed by atoms with E-state index in [1.807, 2.05) is 26.0 Å². The van der Waals surface area contributed by atoms with Gasteiger partial charge in [0.15, 0.2) is 23.9 Å². The maximum absolute atomic E-state index is 12.5. The zero-order valence-electron chi connectivity index (χ0n) is 17.0. The van der Waals surface area contributed by atoms with Crippen LogP contribution in [-0.2, 0) is 6.73 Å². The van der Waals surface area contributed by atoms with E-state index >= 15 is 0 Å². The number of amides is 1. The number of halogens is 3. The molecule has 164 valence electrons. The molecule has 7 nitrogen and oxygen atoms in total. The number of aryl methyl sites for hydroxylation is 2. The van der Waals surface area contributed by atoms with E-state index in [9.17, 15) is 13.6 Å². The van der Waals surface area contributed by atoms with Gasteiger partial charge in [-0.3, -0.25) is 4.79 Å². The van der Waals surface area contributed by atoms with Crippen LogP contribution < -0.4 is 19.5 Å². The number of benzene rings is 2. The summed E-state index contributed by atoms with van der Waals surface area (Å²) in [4.78, 5) is 12.5. The molecule has 0 saturated heterocycles. The molecule has 0 saturated carbocycles. The van der Waals surface area contributed by atoms with Crippen molar-refractivity contribution in [3.8, 4) is 17.2 Å². The summed E-state index contributed by atoms with van der Waals surface area (Å²) in [6, 6.07) is 9.25. The summed E-state index contributed by atoms with van der Waals surface area (Å²) < 4.78 is 41.4. The fraction of sp³-hybridized carbons (Fsp3) is 0.238. The van der Waals surface area contributed by atoms with Crippen molar-refractivity contribution in [1.82, 2.24) is 9.78 Å². The number of methoxy groups -OCH3 is 1. The van der Waals surface area contributed by atoms with Crippen LogP contribution in [0.25, 0.3) is 0 Å². The van der Waals surface area contributed by atoms with E-state index in [2.05, 4.69) is 15.2 Å². The molecule has 2 aromatic carbocycles. The van der Waals surface area contributed by atoms with Crippen molar-refractivity contribution in [3.63, 3.8) is 0 Å². The molecule has 0 radical (unpaired) electrons. The zero-order valence-corrected chi connectivity index (χ0v) is 17.7. The van der Waals surface area contributed by atoms with E-state index in [0.29, 0.717) is 16.5 Å². The molecule has 1 N–H and O–H groups in total. The highest BCUT2D eigenvalue weighted by Crippen LogP contribution is 2.31. The molecule has 3 aromatic rings. The Kier molecular flexibility index (Phi) is 6.96. The monoisotopic (exact) mass is 451 g/mol. The summed E-state index contributed by atoms with van der Waals surface area (Å²) in [5.74, 6) is 0.0794. The first-order valence-electron chi connectivity index (χ1n) is 9.14. The molecule has 3 rings (SSSR count). The lowest BCUT2D eigenvalue weighted by molar-refractivity contribution is -0.0512. The van der Waals surface area contributed by atoms with Crippen LogP contribution in [0.3, 0.4) is 0 Å². The van der Waals surface area contributed by atoms with Gasteiger partial charge in [0.25, 0.3) is 5.91 Å². The van der Waals surface area contributed by atoms with Gasteiger partial charge in [0.2, 0.25) is 0 Å². The number of aromatic nitrogens is 2. The SMILES string of the molecule is COc1cc(NC(=O)c2ccn(COc3cc(C)c(Cl)c(C)c3)n2)ccc1OC(F)F. The minimum absolute atomic E-state index is 0.0607. The van der Waals surface area contributed by atoms with Gasteiger partial charge in [0.05, 0.1) is 7.11 Å². The summed E-state index contributed by atoms with van der Waals surface area (Å²) in [5, 5.41) is 7.50. The van der Waals surface area contributed by atoms with Gasteiger partial charge in [0.1, 0.15) is 5.75 Å². The summed E-state index contributed by atoms with van der Waals surface area (Å²) in [5.41, 5.74) is 2.29. The predicted molar refractivity (Wildman–Crippen MR) is 111 cm³/mol. The van der Waals surface area contributed by atoms with Crippen molar-refractivity contribution in [2.24, 2.45) is 0 Å². The van der Waals surface area contributed by atoms with Crippen LogP contribution in [0.2, 0.25) is 5.02 Å². The fourth-order valence-electron chi connectivity index (χ4n) is 2.82. The molecule has 31 heavy (non-hydrogen) atoms. The van der Waals surface area contributed by atoms with Crippen LogP contribution >= 0.6 is 11.6 Å². The molecular weight excluding hydrogens is 432 g/mol. The number of hydrogen-bond donors (Lipinski definition) is 1. The quantitative estimate of drug-likeness (QED) is 0.518. The minimum atomic E-state index is -2.98. The van der Waals surface area contributed by atoms with Gasteiger partial charge in [-0.1, -0.05) is 11.6 Å². The van der Waals surface area contributed by atoms with Gasteiger partial charge < -0.3 is 19.5 Å². The highest BCUT2D eigenvalue weighted by atomic mass is 35.5. The molecule has 1 heterocycles. The Hall–Kier alpha value is -3.33. The van der Waals surface area contributed by atoms with Crippen molar-refractivity contribution in [3.05, 3.63) is 64.4 Å². The van der Waals surface area contributed by atoms with Crippen molar-refractivity contribution in [1.29, 1.82) is 0 Å². The van der Waals surface area contributed by atoms with Crippen LogP contribution in [0.1, 0.15) is 21.6 Å². The maximum atomic E-state index is 12.5. The molecule has 0 spiro atoms. The summed E-state index contributed by atoms with van der Waals surface area (Å²) in [6.07, 6.45) is 1.60. The Balaban J connectivity index is 1.64. The third-order valence-corrected chi connectivity index (χ3v) is 4.88. The van der Waals surface area contributed by atoms with Crippen LogP contribution in [0.5, 0.6) is 17.2 Å². The molecule has 0 bridgehead atoms. The van der Waals surface area contributed by atoms with Gasteiger partial charge in [-0.05, 0) is 55.3 Å². The third-order valence-electron chi connectivity index (χ3n) is 4.28. The predicted octanol–water partition coefficient (Wildman–Crippen LogP) is 5.05. The number of carbonyl (C=O) groups is 1. The molecule has 0 atom stereocenters. The number of carbonyl (C=O) groups excluding carboxylic acids is 1. The van der Waals surface area contributed by atoms with E-state index < -0.39 is 12.5 Å². The van der Waals surface area contributed by atoms with Gasteiger partial charge in [-0.15, -0.1) is 0 Å². The smallest absolute Gasteiger partial charge is 0.387 e. The van der Waals surface area contributed by atoms with Crippen LogP contribution in [0.15, 0.2) is 42.6 Å². The second-order valence-electron chi connectivity index (χ2n) is 6.58. The molecule has 10 heteroatoms. The molecule has 1 amide bonds. The Bertz CT molecular complexity index is 1070. The van der Waals surface area contributed by atoms with Gasteiger partial charge >= 0.3 is 6.61 Å². The summed E-state index contributed by atoms with van der Waals surface area (Å²) in [7, 11) is 1.31. The summed E-state index contributed by atoms with van der Waals surface area (Å²) >= 11 is 6.16. The van der Waals surface area contributed by atoms with E-state index in [-0.39, 0.29) is 23.9 Å². The average molecular weight is 452 g/mol. The number of nitrogens with zero attached hydrogens (tertiary/aromatic N) is 2. The molecule has 1 aromatic heterocycles. The highest BCUT2D eigenvalue weighted by Gasteiger charge is 2.14. The zero-order chi connectivity index (χ0) is 22.5. The van der Waals surface area contributed by atoms with Gasteiger partial charge in [0, 0.05) is 23.0 Å². The Morgan fingerprint density at radius 1 is 1.16 bits per heavy atom. The first kappa shape index (κ1) is 22.4. The third kappa shape index (κ3) is 5.64. The number of nitrogens with one attached hydrogen (secondary N) is 1. The molecular formula is C21H20ClF2N3O4. The Labute approximate surface area is 182 Å².